The Morgan fingerprint density at radius 2 is 0.611 bits per heavy atom. The van der Waals surface area contributed by atoms with Crippen LogP contribution in [0.2, 0.25) is 0 Å². The molecule has 0 heterocycles. The molecule has 0 saturated carbocycles. The summed E-state index contributed by atoms with van der Waals surface area (Å²) >= 11 is 0. The Morgan fingerprint density at radius 3 is 0.861 bits per heavy atom. The highest BCUT2D eigenvalue weighted by atomic mass is 16.5. The quantitative estimate of drug-likeness (QED) is 0.246. The molecule has 0 bridgehead atoms. The van der Waals surface area contributed by atoms with Gasteiger partial charge in [0.25, 0.3) is 0 Å². The fourth-order valence-electron chi connectivity index (χ4n) is 4.56. The molecule has 0 aliphatic rings. The first kappa shape index (κ1) is 23.4. The van der Waals surface area contributed by atoms with Gasteiger partial charge in [-0.3, -0.25) is 0 Å². The molecule has 0 atom stereocenters. The number of benzene rings is 5. The molecule has 0 unspecified atom stereocenters. The van der Waals surface area contributed by atoms with Gasteiger partial charge in [-0.15, -0.1) is 0 Å². The second kappa shape index (κ2) is 10.1. The lowest BCUT2D eigenvalue weighted by atomic mass is 9.85. The normalized spacial score (nSPS) is 10.8. The summed E-state index contributed by atoms with van der Waals surface area (Å²) in [5.74, 6) is 1.69. The Labute approximate surface area is 213 Å². The molecule has 178 valence electrons. The Kier molecular flexibility index (Phi) is 6.60. The molecule has 0 aromatic heterocycles. The van der Waals surface area contributed by atoms with Gasteiger partial charge >= 0.3 is 0 Å². The monoisotopic (exact) mass is 470 g/mol. The summed E-state index contributed by atoms with van der Waals surface area (Å²) in [4.78, 5) is 0. The number of aryl methyl sites for hydroxylation is 2. The summed E-state index contributed by atoms with van der Waals surface area (Å²) < 4.78 is 10.8. The molecule has 0 N–H and O–H groups in total. The van der Waals surface area contributed by atoms with Crippen molar-refractivity contribution >= 4 is 0 Å². The van der Waals surface area contributed by atoms with Gasteiger partial charge in [-0.1, -0.05) is 83.9 Å². The molecule has 0 radical (unpaired) electrons. The highest BCUT2D eigenvalue weighted by Gasteiger charge is 2.16. The zero-order valence-electron chi connectivity index (χ0n) is 21.2. The lowest BCUT2D eigenvalue weighted by Crippen LogP contribution is -1.93. The highest BCUT2D eigenvalue weighted by Crippen LogP contribution is 2.42. The Bertz CT molecular complexity index is 1350. The van der Waals surface area contributed by atoms with Gasteiger partial charge in [-0.05, 0) is 94.8 Å². The van der Waals surface area contributed by atoms with Crippen molar-refractivity contribution in [1.29, 1.82) is 0 Å². The fourth-order valence-corrected chi connectivity index (χ4v) is 4.56. The van der Waals surface area contributed by atoms with Crippen molar-refractivity contribution in [1.82, 2.24) is 0 Å². The number of methoxy groups -OCH3 is 2. The molecule has 0 aliphatic heterocycles. The highest BCUT2D eigenvalue weighted by molar-refractivity contribution is 5.95. The zero-order valence-corrected chi connectivity index (χ0v) is 21.2. The molecule has 2 heteroatoms. The Hall–Kier alpha value is -4.30. The minimum Gasteiger partial charge on any atom is -0.497 e. The second-order valence-corrected chi connectivity index (χ2v) is 9.13. The van der Waals surface area contributed by atoms with Crippen molar-refractivity contribution in [3.8, 4) is 56.0 Å². The van der Waals surface area contributed by atoms with Crippen molar-refractivity contribution in [2.24, 2.45) is 0 Å². The lowest BCUT2D eigenvalue weighted by molar-refractivity contribution is 0.414. The third kappa shape index (κ3) is 4.76. The summed E-state index contributed by atoms with van der Waals surface area (Å²) in [5, 5.41) is 0. The Balaban J connectivity index is 1.80. The topological polar surface area (TPSA) is 18.5 Å². The molecule has 2 nitrogen and oxygen atoms in total. The molecule has 0 spiro atoms. The minimum atomic E-state index is 0.847. The molecule has 0 fully saturated rings. The maximum Gasteiger partial charge on any atom is 0.118 e. The van der Waals surface area contributed by atoms with E-state index in [1.54, 1.807) is 14.2 Å². The molecule has 0 saturated heterocycles. The summed E-state index contributed by atoms with van der Waals surface area (Å²) in [6, 6.07) is 38.9. The molecule has 0 amide bonds. The Morgan fingerprint density at radius 1 is 0.361 bits per heavy atom. The predicted octanol–water partition coefficient (Wildman–Crippen LogP) is 8.99. The van der Waals surface area contributed by atoms with Gasteiger partial charge in [0.2, 0.25) is 0 Å². The van der Waals surface area contributed by atoms with Crippen LogP contribution in [-0.2, 0) is 0 Å². The first-order chi connectivity index (χ1) is 17.6. The maximum absolute atomic E-state index is 5.42. The van der Waals surface area contributed by atoms with Crippen LogP contribution in [0.25, 0.3) is 44.5 Å². The number of rotatable bonds is 6. The van der Waals surface area contributed by atoms with E-state index in [0.29, 0.717) is 0 Å². The molecule has 36 heavy (non-hydrogen) atoms. The van der Waals surface area contributed by atoms with Crippen LogP contribution in [-0.4, -0.2) is 14.2 Å². The van der Waals surface area contributed by atoms with Gasteiger partial charge in [-0.2, -0.15) is 0 Å². The van der Waals surface area contributed by atoms with Crippen LogP contribution in [0.4, 0.5) is 0 Å². The minimum absolute atomic E-state index is 0.847. The van der Waals surface area contributed by atoms with Crippen molar-refractivity contribution in [2.75, 3.05) is 14.2 Å². The lowest BCUT2D eigenvalue weighted by Gasteiger charge is -2.19. The van der Waals surface area contributed by atoms with Gasteiger partial charge < -0.3 is 9.47 Å². The third-order valence-corrected chi connectivity index (χ3v) is 6.68. The van der Waals surface area contributed by atoms with Gasteiger partial charge in [0.15, 0.2) is 0 Å². The van der Waals surface area contributed by atoms with Crippen molar-refractivity contribution in [3.63, 3.8) is 0 Å². The molecule has 0 aliphatic carbocycles. The zero-order chi connectivity index (χ0) is 25.1. The van der Waals surface area contributed by atoms with Crippen LogP contribution >= 0.6 is 0 Å². The van der Waals surface area contributed by atoms with E-state index in [-0.39, 0.29) is 0 Å². The van der Waals surface area contributed by atoms with Crippen LogP contribution in [0.5, 0.6) is 11.5 Å². The second-order valence-electron chi connectivity index (χ2n) is 9.13. The van der Waals surface area contributed by atoms with Crippen LogP contribution < -0.4 is 9.47 Å². The van der Waals surface area contributed by atoms with Crippen LogP contribution in [0, 0.1) is 13.8 Å². The SMILES string of the molecule is COc1ccc(-c2cc(-c3ccc(C)cc3)c(-c3ccc(C)cc3)cc2-c2ccc(OC)cc2)cc1. The van der Waals surface area contributed by atoms with Crippen molar-refractivity contribution in [2.45, 2.75) is 13.8 Å². The van der Waals surface area contributed by atoms with E-state index in [0.717, 1.165) is 22.6 Å². The molecular weight excluding hydrogens is 440 g/mol. The number of hydrogen-bond acceptors (Lipinski definition) is 2. The van der Waals surface area contributed by atoms with E-state index in [2.05, 4.69) is 98.8 Å². The maximum atomic E-state index is 5.42. The van der Waals surface area contributed by atoms with E-state index in [1.807, 2.05) is 24.3 Å². The molecule has 5 aromatic carbocycles. The van der Waals surface area contributed by atoms with E-state index in [9.17, 15) is 0 Å². The van der Waals surface area contributed by atoms with Crippen LogP contribution in [0.15, 0.2) is 109 Å². The number of hydrogen-bond donors (Lipinski definition) is 0. The average Bonchev–Trinajstić information content (AvgIpc) is 2.93. The van der Waals surface area contributed by atoms with E-state index < -0.39 is 0 Å². The van der Waals surface area contributed by atoms with Gasteiger partial charge in [0.05, 0.1) is 14.2 Å². The number of ether oxygens (including phenoxy) is 2. The molecule has 5 rings (SSSR count). The summed E-state index contributed by atoms with van der Waals surface area (Å²) in [6.45, 7) is 4.25. The molecular formula is C34H30O2. The van der Waals surface area contributed by atoms with E-state index in [1.165, 1.54) is 44.5 Å². The summed E-state index contributed by atoms with van der Waals surface area (Å²) in [6.07, 6.45) is 0. The van der Waals surface area contributed by atoms with Crippen molar-refractivity contribution < 1.29 is 9.47 Å². The molecule has 5 aromatic rings. The smallest absolute Gasteiger partial charge is 0.118 e. The largest absolute Gasteiger partial charge is 0.497 e. The van der Waals surface area contributed by atoms with E-state index in [4.69, 9.17) is 9.47 Å². The summed E-state index contributed by atoms with van der Waals surface area (Å²) in [5.41, 5.74) is 12.0. The van der Waals surface area contributed by atoms with Gasteiger partial charge in [0, 0.05) is 0 Å². The predicted molar refractivity (Wildman–Crippen MR) is 151 cm³/mol. The average molecular weight is 471 g/mol. The van der Waals surface area contributed by atoms with Crippen LogP contribution in [0.3, 0.4) is 0 Å². The van der Waals surface area contributed by atoms with Crippen LogP contribution in [0.1, 0.15) is 11.1 Å². The standard InChI is InChI=1S/C34H30O2/c1-23-5-9-25(10-6-23)31-21-33(27-13-17-29(35-3)18-14-27)34(28-15-19-30(36-4)20-16-28)22-32(31)26-11-7-24(2)8-12-26/h5-22H,1-4H3. The van der Waals surface area contributed by atoms with Gasteiger partial charge in [-0.25, -0.2) is 0 Å². The first-order valence-corrected chi connectivity index (χ1v) is 12.2. The fraction of sp³-hybridized carbons (Fsp3) is 0.118. The summed E-state index contributed by atoms with van der Waals surface area (Å²) in [7, 11) is 3.40. The van der Waals surface area contributed by atoms with Gasteiger partial charge in [0.1, 0.15) is 11.5 Å². The first-order valence-electron chi connectivity index (χ1n) is 12.2. The third-order valence-electron chi connectivity index (χ3n) is 6.68. The van der Waals surface area contributed by atoms with E-state index >= 15 is 0 Å². The van der Waals surface area contributed by atoms with Crippen molar-refractivity contribution in [3.05, 3.63) is 120 Å².